The lowest BCUT2D eigenvalue weighted by molar-refractivity contribution is 0.0866. The summed E-state index contributed by atoms with van der Waals surface area (Å²) in [7, 11) is 0. The molecule has 106 valence electrons. The molecular weight excluding hydrogens is 232 g/mol. The highest BCUT2D eigenvalue weighted by molar-refractivity contribution is 5.14. The summed E-state index contributed by atoms with van der Waals surface area (Å²) in [6.07, 6.45) is 5.32. The zero-order valence-electron chi connectivity index (χ0n) is 12.4. The Hall–Kier alpha value is -0.860. The van der Waals surface area contributed by atoms with E-state index in [1.807, 2.05) is 0 Å². The first-order valence-electron chi connectivity index (χ1n) is 7.61. The summed E-state index contributed by atoms with van der Waals surface area (Å²) < 4.78 is 0. The summed E-state index contributed by atoms with van der Waals surface area (Å²) >= 11 is 0. The smallest absolute Gasteiger partial charge is 0.0236 e. The highest BCUT2D eigenvalue weighted by atomic mass is 15.2. The lowest BCUT2D eigenvalue weighted by Crippen LogP contribution is -2.47. The molecular formula is C17H28N2. The minimum atomic E-state index is 0.207. The van der Waals surface area contributed by atoms with Crippen molar-refractivity contribution in [2.75, 3.05) is 13.1 Å². The van der Waals surface area contributed by atoms with Gasteiger partial charge in [-0.2, -0.15) is 0 Å². The number of nitrogens with zero attached hydrogens (tertiary/aromatic N) is 1. The summed E-state index contributed by atoms with van der Waals surface area (Å²) in [6.45, 7) is 7.68. The van der Waals surface area contributed by atoms with Gasteiger partial charge in [-0.25, -0.2) is 0 Å². The van der Waals surface area contributed by atoms with Gasteiger partial charge in [0.15, 0.2) is 0 Å². The molecule has 1 unspecified atom stereocenters. The van der Waals surface area contributed by atoms with Crippen LogP contribution in [0.25, 0.3) is 0 Å². The summed E-state index contributed by atoms with van der Waals surface area (Å²) in [5, 5.41) is 0. The van der Waals surface area contributed by atoms with Gasteiger partial charge in [-0.05, 0) is 36.9 Å². The molecule has 2 heteroatoms. The first-order chi connectivity index (χ1) is 9.13. The monoisotopic (exact) mass is 260 g/mol. The van der Waals surface area contributed by atoms with E-state index in [0.29, 0.717) is 6.04 Å². The Morgan fingerprint density at radius 2 is 1.89 bits per heavy atom. The standard InChI is InChI=1S/C17H28N2/c1-17(2,14-18)16-11-7-4-8-12-19(16)13-15-9-5-3-6-10-15/h3,5-6,9-10,16H,4,7-8,11-14,18H2,1-2H3. The van der Waals surface area contributed by atoms with Crippen molar-refractivity contribution in [2.24, 2.45) is 11.1 Å². The van der Waals surface area contributed by atoms with E-state index < -0.39 is 0 Å². The van der Waals surface area contributed by atoms with Crippen LogP contribution in [0.5, 0.6) is 0 Å². The molecule has 1 aliphatic heterocycles. The van der Waals surface area contributed by atoms with Gasteiger partial charge < -0.3 is 5.73 Å². The predicted molar refractivity (Wildman–Crippen MR) is 81.9 cm³/mol. The van der Waals surface area contributed by atoms with Crippen molar-refractivity contribution in [2.45, 2.75) is 52.1 Å². The van der Waals surface area contributed by atoms with Gasteiger partial charge in [0.1, 0.15) is 0 Å². The Kier molecular flexibility index (Phi) is 5.00. The Labute approximate surface area is 118 Å². The van der Waals surface area contributed by atoms with Crippen LogP contribution in [0.2, 0.25) is 0 Å². The number of rotatable bonds is 4. The molecule has 1 aliphatic rings. The number of hydrogen-bond acceptors (Lipinski definition) is 2. The molecule has 2 nitrogen and oxygen atoms in total. The Morgan fingerprint density at radius 3 is 2.58 bits per heavy atom. The molecule has 1 fully saturated rings. The summed E-state index contributed by atoms with van der Waals surface area (Å²) in [5.41, 5.74) is 7.64. The van der Waals surface area contributed by atoms with Crippen molar-refractivity contribution < 1.29 is 0 Å². The first kappa shape index (κ1) is 14.5. The van der Waals surface area contributed by atoms with Crippen LogP contribution < -0.4 is 5.73 Å². The van der Waals surface area contributed by atoms with E-state index in [9.17, 15) is 0 Å². The van der Waals surface area contributed by atoms with Crippen molar-refractivity contribution in [1.82, 2.24) is 4.90 Å². The first-order valence-corrected chi connectivity index (χ1v) is 7.61. The fourth-order valence-corrected chi connectivity index (χ4v) is 3.20. The number of hydrogen-bond donors (Lipinski definition) is 1. The molecule has 0 bridgehead atoms. The van der Waals surface area contributed by atoms with Crippen LogP contribution in [0.3, 0.4) is 0 Å². The average molecular weight is 260 g/mol. The third-order valence-corrected chi connectivity index (χ3v) is 4.52. The summed E-state index contributed by atoms with van der Waals surface area (Å²) in [4.78, 5) is 2.66. The predicted octanol–water partition coefficient (Wildman–Crippen LogP) is 3.42. The van der Waals surface area contributed by atoms with Crippen molar-refractivity contribution >= 4 is 0 Å². The maximum atomic E-state index is 6.02. The van der Waals surface area contributed by atoms with E-state index in [4.69, 9.17) is 5.73 Å². The van der Waals surface area contributed by atoms with Crippen LogP contribution in [0.15, 0.2) is 30.3 Å². The normalized spacial score (nSPS) is 22.2. The van der Waals surface area contributed by atoms with Crippen molar-refractivity contribution in [1.29, 1.82) is 0 Å². The molecule has 1 atom stereocenters. The molecule has 0 radical (unpaired) electrons. The van der Waals surface area contributed by atoms with E-state index in [1.165, 1.54) is 37.8 Å². The van der Waals surface area contributed by atoms with Crippen molar-refractivity contribution in [3.8, 4) is 0 Å². The van der Waals surface area contributed by atoms with Gasteiger partial charge in [-0.15, -0.1) is 0 Å². The summed E-state index contributed by atoms with van der Waals surface area (Å²) in [6, 6.07) is 11.4. The topological polar surface area (TPSA) is 29.3 Å². The van der Waals surface area contributed by atoms with E-state index in [2.05, 4.69) is 49.1 Å². The third-order valence-electron chi connectivity index (χ3n) is 4.52. The fourth-order valence-electron chi connectivity index (χ4n) is 3.20. The van der Waals surface area contributed by atoms with Crippen molar-refractivity contribution in [3.05, 3.63) is 35.9 Å². The molecule has 1 saturated heterocycles. The maximum absolute atomic E-state index is 6.02. The highest BCUT2D eigenvalue weighted by Gasteiger charge is 2.33. The number of benzene rings is 1. The second kappa shape index (κ2) is 6.53. The second-order valence-corrected chi connectivity index (χ2v) is 6.51. The minimum Gasteiger partial charge on any atom is -0.330 e. The van der Waals surface area contributed by atoms with Crippen LogP contribution in [-0.4, -0.2) is 24.0 Å². The van der Waals surface area contributed by atoms with Crippen LogP contribution in [0.4, 0.5) is 0 Å². The molecule has 0 saturated carbocycles. The van der Waals surface area contributed by atoms with Crippen molar-refractivity contribution in [3.63, 3.8) is 0 Å². The Balaban J connectivity index is 2.13. The Morgan fingerprint density at radius 1 is 1.16 bits per heavy atom. The fraction of sp³-hybridized carbons (Fsp3) is 0.647. The molecule has 1 aromatic carbocycles. The average Bonchev–Trinajstić information content (AvgIpc) is 2.66. The molecule has 0 amide bonds. The van der Waals surface area contributed by atoms with E-state index in [0.717, 1.165) is 13.1 Å². The van der Waals surface area contributed by atoms with E-state index in [-0.39, 0.29) is 5.41 Å². The maximum Gasteiger partial charge on any atom is 0.0236 e. The molecule has 2 rings (SSSR count). The van der Waals surface area contributed by atoms with E-state index in [1.54, 1.807) is 0 Å². The van der Waals surface area contributed by atoms with Gasteiger partial charge in [0.2, 0.25) is 0 Å². The van der Waals surface area contributed by atoms with Crippen LogP contribution in [-0.2, 0) is 6.54 Å². The van der Waals surface area contributed by atoms with Gasteiger partial charge >= 0.3 is 0 Å². The molecule has 1 heterocycles. The zero-order valence-corrected chi connectivity index (χ0v) is 12.4. The summed E-state index contributed by atoms with van der Waals surface area (Å²) in [5.74, 6) is 0. The minimum absolute atomic E-state index is 0.207. The van der Waals surface area contributed by atoms with Crippen LogP contribution in [0, 0.1) is 5.41 Å². The number of nitrogens with two attached hydrogens (primary N) is 1. The van der Waals surface area contributed by atoms with Gasteiger partial charge in [0.05, 0.1) is 0 Å². The van der Waals surface area contributed by atoms with E-state index >= 15 is 0 Å². The SMILES string of the molecule is CC(C)(CN)C1CCCCCN1Cc1ccccc1. The molecule has 1 aromatic rings. The molecule has 0 spiro atoms. The molecule has 2 N–H and O–H groups in total. The van der Waals surface area contributed by atoms with Gasteiger partial charge in [-0.3, -0.25) is 4.90 Å². The van der Waals surface area contributed by atoms with Gasteiger partial charge in [0.25, 0.3) is 0 Å². The second-order valence-electron chi connectivity index (χ2n) is 6.51. The lowest BCUT2D eigenvalue weighted by atomic mass is 9.81. The quantitative estimate of drug-likeness (QED) is 0.899. The van der Waals surface area contributed by atoms with Crippen LogP contribution >= 0.6 is 0 Å². The molecule has 19 heavy (non-hydrogen) atoms. The highest BCUT2D eigenvalue weighted by Crippen LogP contribution is 2.31. The Bertz CT molecular complexity index is 372. The molecule has 0 aromatic heterocycles. The van der Waals surface area contributed by atoms with Gasteiger partial charge in [0, 0.05) is 12.6 Å². The molecule has 0 aliphatic carbocycles. The third kappa shape index (κ3) is 3.80. The zero-order chi connectivity index (χ0) is 13.7. The number of likely N-dealkylation sites (tertiary alicyclic amines) is 1. The largest absolute Gasteiger partial charge is 0.330 e. The van der Waals surface area contributed by atoms with Gasteiger partial charge in [-0.1, -0.05) is 57.0 Å². The lowest BCUT2D eigenvalue weighted by Gasteiger charge is -2.41. The van der Waals surface area contributed by atoms with Crippen LogP contribution in [0.1, 0.15) is 45.1 Å².